The number of aromatic nitrogens is 2. The number of nitrogens with zero attached hydrogens (tertiary/aromatic N) is 2. The van der Waals surface area contributed by atoms with Crippen molar-refractivity contribution in [3.8, 4) is 0 Å². The zero-order valence-corrected chi connectivity index (χ0v) is 11.2. The molecule has 0 fully saturated rings. The van der Waals surface area contributed by atoms with E-state index >= 15 is 0 Å². The number of hydrogen-bond acceptors (Lipinski definition) is 4. The molecule has 1 heterocycles. The van der Waals surface area contributed by atoms with E-state index in [1.54, 1.807) is 0 Å². The van der Waals surface area contributed by atoms with Gasteiger partial charge in [-0.2, -0.15) is 4.98 Å². The van der Waals surface area contributed by atoms with E-state index in [0.29, 0.717) is 5.89 Å². The second-order valence-corrected chi connectivity index (χ2v) is 5.18. The quantitative estimate of drug-likeness (QED) is 0.914. The molecule has 2 unspecified atom stereocenters. The summed E-state index contributed by atoms with van der Waals surface area (Å²) in [5.74, 6) is 1.62. The van der Waals surface area contributed by atoms with Gasteiger partial charge in [0.2, 0.25) is 5.89 Å². The first kappa shape index (κ1) is 12.4. The van der Waals surface area contributed by atoms with E-state index in [0.717, 1.165) is 31.5 Å². The van der Waals surface area contributed by atoms with E-state index in [2.05, 4.69) is 41.3 Å². The minimum atomic E-state index is -0.136. The van der Waals surface area contributed by atoms with E-state index in [9.17, 15) is 0 Å². The highest BCUT2D eigenvalue weighted by Gasteiger charge is 2.28. The van der Waals surface area contributed by atoms with Crippen molar-refractivity contribution in [3.05, 3.63) is 47.1 Å². The second-order valence-electron chi connectivity index (χ2n) is 5.18. The molecule has 1 aromatic carbocycles. The average molecular weight is 257 g/mol. The Labute approximate surface area is 113 Å². The van der Waals surface area contributed by atoms with Gasteiger partial charge in [0.1, 0.15) is 0 Å². The Morgan fingerprint density at radius 3 is 3.11 bits per heavy atom. The molecule has 2 aromatic rings. The fourth-order valence-corrected chi connectivity index (χ4v) is 2.80. The lowest BCUT2D eigenvalue weighted by Gasteiger charge is -2.06. The summed E-state index contributed by atoms with van der Waals surface area (Å²) in [7, 11) is 0. The molecule has 0 bridgehead atoms. The number of hydrogen-bond donors (Lipinski definition) is 1. The van der Waals surface area contributed by atoms with Crippen molar-refractivity contribution in [2.75, 3.05) is 0 Å². The summed E-state index contributed by atoms with van der Waals surface area (Å²) in [6, 6.07) is 8.36. The summed E-state index contributed by atoms with van der Waals surface area (Å²) >= 11 is 0. The second kappa shape index (κ2) is 5.13. The van der Waals surface area contributed by atoms with Gasteiger partial charge in [-0.05, 0) is 30.4 Å². The van der Waals surface area contributed by atoms with Crippen molar-refractivity contribution in [3.63, 3.8) is 0 Å². The summed E-state index contributed by atoms with van der Waals surface area (Å²) in [5.41, 5.74) is 8.75. The Balaban J connectivity index is 1.85. The summed E-state index contributed by atoms with van der Waals surface area (Å²) < 4.78 is 5.32. The van der Waals surface area contributed by atoms with E-state index in [1.165, 1.54) is 11.1 Å². The Hall–Kier alpha value is -1.68. The van der Waals surface area contributed by atoms with Gasteiger partial charge in [-0.3, -0.25) is 0 Å². The molecule has 4 nitrogen and oxygen atoms in total. The van der Waals surface area contributed by atoms with Crippen LogP contribution in [0, 0.1) is 0 Å². The Morgan fingerprint density at radius 2 is 2.26 bits per heavy atom. The predicted molar refractivity (Wildman–Crippen MR) is 72.7 cm³/mol. The predicted octanol–water partition coefficient (Wildman–Crippen LogP) is 2.95. The molecule has 0 saturated heterocycles. The minimum absolute atomic E-state index is 0.136. The topological polar surface area (TPSA) is 64.9 Å². The monoisotopic (exact) mass is 257 g/mol. The van der Waals surface area contributed by atoms with Gasteiger partial charge in [-0.1, -0.05) is 42.8 Å². The summed E-state index contributed by atoms with van der Waals surface area (Å²) in [6.07, 6.45) is 4.04. The third-order valence-corrected chi connectivity index (χ3v) is 3.82. The van der Waals surface area contributed by atoms with Crippen molar-refractivity contribution in [1.82, 2.24) is 10.1 Å². The molecular weight excluding hydrogens is 238 g/mol. The van der Waals surface area contributed by atoms with E-state index in [1.807, 2.05) is 0 Å². The van der Waals surface area contributed by atoms with Gasteiger partial charge in [-0.15, -0.1) is 0 Å². The number of aryl methyl sites for hydroxylation is 1. The Kier molecular flexibility index (Phi) is 3.34. The molecule has 100 valence electrons. The van der Waals surface area contributed by atoms with Crippen LogP contribution in [0.3, 0.4) is 0 Å². The largest absolute Gasteiger partial charge is 0.338 e. The van der Waals surface area contributed by atoms with Crippen molar-refractivity contribution in [2.24, 2.45) is 5.73 Å². The van der Waals surface area contributed by atoms with Crippen LogP contribution < -0.4 is 5.73 Å². The third kappa shape index (κ3) is 2.28. The van der Waals surface area contributed by atoms with Gasteiger partial charge >= 0.3 is 0 Å². The van der Waals surface area contributed by atoms with Crippen LogP contribution in [0.15, 0.2) is 28.8 Å². The highest BCUT2D eigenvalue weighted by atomic mass is 16.5. The number of benzene rings is 1. The molecule has 19 heavy (non-hydrogen) atoms. The van der Waals surface area contributed by atoms with Crippen LogP contribution in [-0.2, 0) is 6.42 Å². The standard InChI is InChI=1S/C15H19N3O/c1-2-5-13(16)15-17-14(18-19-15)12-9-8-10-6-3-4-7-11(10)12/h3-4,6-7,12-13H,2,5,8-9,16H2,1H3. The van der Waals surface area contributed by atoms with Crippen LogP contribution >= 0.6 is 0 Å². The molecule has 0 aliphatic heterocycles. The number of fused-ring (bicyclic) bond motifs is 1. The van der Waals surface area contributed by atoms with Gasteiger partial charge in [-0.25, -0.2) is 0 Å². The number of rotatable bonds is 4. The van der Waals surface area contributed by atoms with Gasteiger partial charge in [0, 0.05) is 5.92 Å². The molecule has 2 N–H and O–H groups in total. The first-order valence-corrected chi connectivity index (χ1v) is 6.96. The first-order valence-electron chi connectivity index (χ1n) is 6.96. The van der Waals surface area contributed by atoms with Crippen LogP contribution in [0.1, 0.15) is 61.0 Å². The van der Waals surface area contributed by atoms with Crippen molar-refractivity contribution >= 4 is 0 Å². The molecule has 1 aromatic heterocycles. The van der Waals surface area contributed by atoms with Crippen molar-refractivity contribution < 1.29 is 4.52 Å². The van der Waals surface area contributed by atoms with Crippen LogP contribution in [0.25, 0.3) is 0 Å². The molecule has 0 spiro atoms. The van der Waals surface area contributed by atoms with Crippen LogP contribution in [0.4, 0.5) is 0 Å². The van der Waals surface area contributed by atoms with E-state index in [4.69, 9.17) is 10.3 Å². The Bertz CT molecular complexity index is 564. The Morgan fingerprint density at radius 1 is 1.42 bits per heavy atom. The summed E-state index contributed by atoms with van der Waals surface area (Å²) in [5, 5.41) is 4.13. The molecule has 3 rings (SSSR count). The molecule has 0 radical (unpaired) electrons. The molecule has 0 saturated carbocycles. The summed E-state index contributed by atoms with van der Waals surface area (Å²) in [4.78, 5) is 4.51. The highest BCUT2D eigenvalue weighted by molar-refractivity contribution is 5.38. The fraction of sp³-hybridized carbons (Fsp3) is 0.467. The lowest BCUT2D eigenvalue weighted by molar-refractivity contribution is 0.343. The van der Waals surface area contributed by atoms with Crippen LogP contribution in [-0.4, -0.2) is 10.1 Å². The van der Waals surface area contributed by atoms with Crippen LogP contribution in [0.2, 0.25) is 0 Å². The van der Waals surface area contributed by atoms with Crippen molar-refractivity contribution in [2.45, 2.75) is 44.6 Å². The minimum Gasteiger partial charge on any atom is -0.338 e. The SMILES string of the molecule is CCCC(N)c1nc(C2CCc3ccccc32)no1. The maximum atomic E-state index is 6.02. The zero-order chi connectivity index (χ0) is 13.2. The molecule has 1 aliphatic rings. The smallest absolute Gasteiger partial charge is 0.243 e. The van der Waals surface area contributed by atoms with Gasteiger partial charge < -0.3 is 10.3 Å². The maximum absolute atomic E-state index is 6.02. The molecule has 4 heteroatoms. The van der Waals surface area contributed by atoms with Gasteiger partial charge in [0.05, 0.1) is 6.04 Å². The van der Waals surface area contributed by atoms with Gasteiger partial charge in [0.15, 0.2) is 5.82 Å². The van der Waals surface area contributed by atoms with E-state index < -0.39 is 0 Å². The first-order chi connectivity index (χ1) is 9.29. The molecule has 1 aliphatic carbocycles. The highest BCUT2D eigenvalue weighted by Crippen LogP contribution is 2.36. The molecular formula is C15H19N3O. The average Bonchev–Trinajstić information content (AvgIpc) is 3.05. The maximum Gasteiger partial charge on any atom is 0.243 e. The summed E-state index contributed by atoms with van der Waals surface area (Å²) in [6.45, 7) is 2.10. The lowest BCUT2D eigenvalue weighted by Crippen LogP contribution is -2.10. The normalized spacial score (nSPS) is 19.4. The lowest BCUT2D eigenvalue weighted by atomic mass is 10.0. The zero-order valence-electron chi connectivity index (χ0n) is 11.2. The van der Waals surface area contributed by atoms with Crippen LogP contribution in [0.5, 0.6) is 0 Å². The van der Waals surface area contributed by atoms with Gasteiger partial charge in [0.25, 0.3) is 0 Å². The molecule has 2 atom stereocenters. The van der Waals surface area contributed by atoms with E-state index in [-0.39, 0.29) is 12.0 Å². The molecule has 0 amide bonds. The van der Waals surface area contributed by atoms with Crippen molar-refractivity contribution in [1.29, 1.82) is 0 Å². The third-order valence-electron chi connectivity index (χ3n) is 3.82. The number of nitrogens with two attached hydrogens (primary N) is 1. The fourth-order valence-electron chi connectivity index (χ4n) is 2.80.